The summed E-state index contributed by atoms with van der Waals surface area (Å²) >= 11 is 0. The molecule has 0 N–H and O–H groups in total. The summed E-state index contributed by atoms with van der Waals surface area (Å²) in [5.41, 5.74) is 0. The van der Waals surface area contributed by atoms with Gasteiger partial charge in [0, 0.05) is 21.1 Å². The molecule has 0 saturated carbocycles. The van der Waals surface area contributed by atoms with E-state index >= 15 is 0 Å². The van der Waals surface area contributed by atoms with E-state index in [0.29, 0.717) is 0 Å². The number of hydrogen-bond donors (Lipinski definition) is 0. The average molecular weight is 296 g/mol. The zero-order valence-electron chi connectivity index (χ0n) is 4.79. The van der Waals surface area contributed by atoms with Crippen LogP contribution in [0.5, 0.6) is 0 Å². The summed E-state index contributed by atoms with van der Waals surface area (Å²) in [5.74, 6) is -0.109. The van der Waals surface area contributed by atoms with Gasteiger partial charge in [0.15, 0.2) is 0 Å². The maximum atomic E-state index is 10.4. The maximum absolute atomic E-state index is 10.4. The summed E-state index contributed by atoms with van der Waals surface area (Å²) in [5, 5.41) is 3.64. The Kier molecular flexibility index (Phi) is 3.91. The molecular weight excluding hydrogens is 290 g/mol. The van der Waals surface area contributed by atoms with E-state index in [4.69, 9.17) is 0 Å². The predicted molar refractivity (Wildman–Crippen MR) is 27.7 cm³/mol. The topological polar surface area (TPSA) is 48.2 Å². The average Bonchev–Trinajstić information content (AvgIpc) is 1.64. The second-order valence-electron chi connectivity index (χ2n) is 1.79. The van der Waals surface area contributed by atoms with Crippen LogP contribution in [0.2, 0.25) is 0 Å². The van der Waals surface area contributed by atoms with Crippen LogP contribution >= 0.6 is 0 Å². The van der Waals surface area contributed by atoms with Crippen molar-refractivity contribution in [2.45, 2.75) is 6.42 Å². The SMILES string of the molecule is O=C1C[N-]CC(=O)C1.[W]. The molecule has 0 aromatic carbocycles. The third-order valence-corrected chi connectivity index (χ3v) is 0.971. The van der Waals surface area contributed by atoms with E-state index in [0.717, 1.165) is 0 Å². The minimum Gasteiger partial charge on any atom is -0.650 e. The first kappa shape index (κ1) is 8.99. The van der Waals surface area contributed by atoms with Gasteiger partial charge >= 0.3 is 0 Å². The Balaban J connectivity index is 0.000000640. The quantitative estimate of drug-likeness (QED) is 0.586. The first-order valence-electron chi connectivity index (χ1n) is 2.45. The summed E-state index contributed by atoms with van der Waals surface area (Å²) in [6.07, 6.45) is 0.101. The van der Waals surface area contributed by atoms with Crippen LogP contribution in [-0.4, -0.2) is 24.7 Å². The summed E-state index contributed by atoms with van der Waals surface area (Å²) in [6, 6.07) is 0. The third-order valence-electron chi connectivity index (χ3n) is 0.971. The molecule has 0 amide bonds. The molecule has 0 atom stereocenters. The van der Waals surface area contributed by atoms with Gasteiger partial charge in [0.05, 0.1) is 6.42 Å². The number of piperidine rings is 1. The molecule has 0 unspecified atom stereocenters. The molecule has 0 radical (unpaired) electrons. The second kappa shape index (κ2) is 3.91. The number of Topliss-reactive ketones (excluding diaryl/α,β-unsaturated/α-hetero) is 2. The van der Waals surface area contributed by atoms with Crippen molar-refractivity contribution < 1.29 is 30.7 Å². The van der Waals surface area contributed by atoms with Crippen LogP contribution in [0, 0.1) is 0 Å². The van der Waals surface area contributed by atoms with Crippen molar-refractivity contribution in [1.82, 2.24) is 0 Å². The van der Waals surface area contributed by atoms with E-state index in [9.17, 15) is 9.59 Å². The van der Waals surface area contributed by atoms with Crippen molar-refractivity contribution >= 4 is 11.6 Å². The van der Waals surface area contributed by atoms with Crippen LogP contribution in [0.3, 0.4) is 0 Å². The van der Waals surface area contributed by atoms with Gasteiger partial charge in [0.1, 0.15) is 11.6 Å². The first-order valence-corrected chi connectivity index (χ1v) is 2.45. The van der Waals surface area contributed by atoms with Gasteiger partial charge in [0.2, 0.25) is 0 Å². The third kappa shape index (κ3) is 2.87. The second-order valence-corrected chi connectivity index (χ2v) is 1.79. The number of carbonyl (C=O) groups excluding carboxylic acids is 2. The van der Waals surface area contributed by atoms with Crippen molar-refractivity contribution in [3.8, 4) is 0 Å². The van der Waals surface area contributed by atoms with Crippen LogP contribution in [0.4, 0.5) is 0 Å². The molecule has 0 spiro atoms. The van der Waals surface area contributed by atoms with Crippen molar-refractivity contribution in [1.29, 1.82) is 0 Å². The Morgan fingerprint density at radius 2 is 1.56 bits per heavy atom. The largest absolute Gasteiger partial charge is 0.650 e. The molecule has 50 valence electrons. The molecule has 1 saturated heterocycles. The minimum atomic E-state index is -0.0544. The van der Waals surface area contributed by atoms with Crippen molar-refractivity contribution in [3.05, 3.63) is 5.32 Å². The van der Waals surface area contributed by atoms with Gasteiger partial charge in [-0.1, -0.05) is 13.1 Å². The van der Waals surface area contributed by atoms with Gasteiger partial charge in [-0.25, -0.2) is 0 Å². The van der Waals surface area contributed by atoms with Crippen LogP contribution in [0.1, 0.15) is 6.42 Å². The van der Waals surface area contributed by atoms with Gasteiger partial charge in [-0.05, 0) is 0 Å². The van der Waals surface area contributed by atoms with E-state index in [1.807, 2.05) is 0 Å². The molecule has 9 heavy (non-hydrogen) atoms. The summed E-state index contributed by atoms with van der Waals surface area (Å²) in [7, 11) is 0. The predicted octanol–water partition coefficient (Wildman–Crippen LogP) is -0.100. The Labute approximate surface area is 67.5 Å². The fourth-order valence-corrected chi connectivity index (χ4v) is 0.637. The molecule has 0 aliphatic carbocycles. The molecule has 0 bridgehead atoms. The van der Waals surface area contributed by atoms with Crippen molar-refractivity contribution in [3.63, 3.8) is 0 Å². The molecular formula is C5H6NO2W-. The van der Waals surface area contributed by atoms with Gasteiger partial charge in [-0.3, -0.25) is 0 Å². The van der Waals surface area contributed by atoms with E-state index in [1.54, 1.807) is 0 Å². The van der Waals surface area contributed by atoms with E-state index in [-0.39, 0.29) is 52.1 Å². The number of rotatable bonds is 0. The maximum Gasteiger partial charge on any atom is 0.119 e. The zero-order valence-corrected chi connectivity index (χ0v) is 7.73. The summed E-state index contributed by atoms with van der Waals surface area (Å²) in [4.78, 5) is 20.7. The Hall–Kier alpha value is -0.0117. The number of ketones is 2. The molecule has 3 nitrogen and oxygen atoms in total. The number of hydrogen-bond acceptors (Lipinski definition) is 2. The summed E-state index contributed by atoms with van der Waals surface area (Å²) in [6.45, 7) is 0.484. The van der Waals surface area contributed by atoms with Gasteiger partial charge in [-0.15, -0.1) is 0 Å². The molecule has 0 aromatic rings. The standard InChI is InChI=1S/C5H6NO2.W/c7-4-1-5(8)3-6-2-4;/h1-3H2;/q-1;. The monoisotopic (exact) mass is 296 g/mol. The molecule has 1 aliphatic rings. The minimum absolute atomic E-state index is 0. The van der Waals surface area contributed by atoms with E-state index in [1.165, 1.54) is 0 Å². The Morgan fingerprint density at radius 1 is 1.11 bits per heavy atom. The van der Waals surface area contributed by atoms with Crippen LogP contribution in [0.15, 0.2) is 0 Å². The normalized spacial score (nSPS) is 19.1. The van der Waals surface area contributed by atoms with Crippen molar-refractivity contribution in [2.75, 3.05) is 13.1 Å². The van der Waals surface area contributed by atoms with Crippen LogP contribution in [-0.2, 0) is 30.7 Å². The molecule has 4 heteroatoms. The van der Waals surface area contributed by atoms with E-state index < -0.39 is 0 Å². The molecule has 1 aliphatic heterocycles. The smallest absolute Gasteiger partial charge is 0.119 e. The van der Waals surface area contributed by atoms with Crippen LogP contribution in [0.25, 0.3) is 5.32 Å². The first-order chi connectivity index (χ1) is 3.79. The van der Waals surface area contributed by atoms with Crippen LogP contribution < -0.4 is 0 Å². The Morgan fingerprint density at radius 3 is 1.78 bits per heavy atom. The van der Waals surface area contributed by atoms with Gasteiger partial charge < -0.3 is 14.9 Å². The number of nitrogens with zero attached hydrogens (tertiary/aromatic N) is 1. The molecule has 0 aromatic heterocycles. The van der Waals surface area contributed by atoms with Crippen molar-refractivity contribution in [2.24, 2.45) is 0 Å². The summed E-state index contributed by atoms with van der Waals surface area (Å²) < 4.78 is 0. The zero-order chi connectivity index (χ0) is 5.98. The van der Waals surface area contributed by atoms with Gasteiger partial charge in [-0.2, -0.15) is 0 Å². The fraction of sp³-hybridized carbons (Fsp3) is 0.600. The van der Waals surface area contributed by atoms with Gasteiger partial charge in [0.25, 0.3) is 0 Å². The number of carbonyl (C=O) groups is 2. The molecule has 1 heterocycles. The van der Waals surface area contributed by atoms with E-state index in [2.05, 4.69) is 5.32 Å². The fourth-order valence-electron chi connectivity index (χ4n) is 0.637. The Bertz CT molecular complexity index is 121. The molecule has 1 rings (SSSR count). The molecule has 1 fully saturated rings.